The fraction of sp³-hybridized carbons (Fsp3) is 0.400. The van der Waals surface area contributed by atoms with E-state index >= 15 is 0 Å². The lowest BCUT2D eigenvalue weighted by Crippen LogP contribution is -2.31. The number of hydrogen-bond donors (Lipinski definition) is 1. The SMILES string of the molecule is Cl.O=[N+]([O-])c1ccc2c(c1)CN(CCCCCNS(=O)(=O)c1cccc3nsnc13)CC2. The van der Waals surface area contributed by atoms with Gasteiger partial charge in [0.25, 0.3) is 5.69 Å². The second kappa shape index (κ2) is 10.6. The van der Waals surface area contributed by atoms with Gasteiger partial charge in [0.05, 0.1) is 16.7 Å². The number of rotatable bonds is 9. The van der Waals surface area contributed by atoms with Crippen LogP contribution in [0.25, 0.3) is 11.0 Å². The van der Waals surface area contributed by atoms with Gasteiger partial charge in [-0.25, -0.2) is 13.1 Å². The molecule has 32 heavy (non-hydrogen) atoms. The molecule has 3 aromatic rings. The lowest BCUT2D eigenvalue weighted by molar-refractivity contribution is -0.385. The highest BCUT2D eigenvalue weighted by molar-refractivity contribution is 7.89. The second-order valence-electron chi connectivity index (χ2n) is 7.58. The summed E-state index contributed by atoms with van der Waals surface area (Å²) in [5, 5.41) is 11.0. The van der Waals surface area contributed by atoms with Crippen LogP contribution >= 0.6 is 24.1 Å². The zero-order chi connectivity index (χ0) is 21.8. The van der Waals surface area contributed by atoms with Gasteiger partial charge in [-0.1, -0.05) is 18.6 Å². The molecule has 9 nitrogen and oxygen atoms in total. The highest BCUT2D eigenvalue weighted by Gasteiger charge is 2.20. The first-order chi connectivity index (χ1) is 14.9. The minimum Gasteiger partial charge on any atom is -0.299 e. The van der Waals surface area contributed by atoms with E-state index in [-0.39, 0.29) is 27.9 Å². The zero-order valence-corrected chi connectivity index (χ0v) is 19.7. The number of benzene rings is 2. The Kier molecular flexibility index (Phi) is 8.12. The quantitative estimate of drug-likeness (QED) is 0.273. The van der Waals surface area contributed by atoms with Gasteiger partial charge >= 0.3 is 0 Å². The Labute approximate surface area is 196 Å². The first-order valence-electron chi connectivity index (χ1n) is 10.1. The lowest BCUT2D eigenvalue weighted by Gasteiger charge is -2.28. The first kappa shape index (κ1) is 24.5. The minimum absolute atomic E-state index is 0. The van der Waals surface area contributed by atoms with Gasteiger partial charge in [-0.3, -0.25) is 15.0 Å². The van der Waals surface area contributed by atoms with E-state index < -0.39 is 10.0 Å². The second-order valence-corrected chi connectivity index (χ2v) is 9.85. The maximum atomic E-state index is 12.6. The van der Waals surface area contributed by atoms with Crippen molar-refractivity contribution in [2.24, 2.45) is 0 Å². The number of sulfonamides is 1. The summed E-state index contributed by atoms with van der Waals surface area (Å²) in [5.74, 6) is 0. The van der Waals surface area contributed by atoms with Crippen molar-refractivity contribution < 1.29 is 13.3 Å². The Hall–Kier alpha value is -2.18. The number of nitrogens with one attached hydrogen (secondary N) is 1. The average Bonchev–Trinajstić information content (AvgIpc) is 3.24. The van der Waals surface area contributed by atoms with Crippen LogP contribution in [-0.2, 0) is 23.0 Å². The van der Waals surface area contributed by atoms with Gasteiger partial charge in [0, 0.05) is 31.8 Å². The molecule has 4 rings (SSSR count). The van der Waals surface area contributed by atoms with Crippen LogP contribution in [0.1, 0.15) is 30.4 Å². The fourth-order valence-corrected chi connectivity index (χ4v) is 5.66. The van der Waals surface area contributed by atoms with Crippen molar-refractivity contribution in [2.45, 2.75) is 37.1 Å². The topological polar surface area (TPSA) is 118 Å². The summed E-state index contributed by atoms with van der Waals surface area (Å²) < 4.78 is 36.0. The van der Waals surface area contributed by atoms with Gasteiger partial charge in [-0.05, 0) is 49.1 Å². The number of unbranched alkanes of at least 4 members (excludes halogenated alkanes) is 2. The normalized spacial score (nSPS) is 14.1. The number of non-ortho nitro benzene ring substituents is 1. The van der Waals surface area contributed by atoms with Crippen LogP contribution in [0.2, 0.25) is 0 Å². The van der Waals surface area contributed by atoms with Gasteiger partial charge in [-0.2, -0.15) is 8.75 Å². The zero-order valence-electron chi connectivity index (χ0n) is 17.3. The molecule has 0 radical (unpaired) electrons. The van der Waals surface area contributed by atoms with Gasteiger partial charge in [0.2, 0.25) is 10.0 Å². The van der Waals surface area contributed by atoms with Crippen molar-refractivity contribution in [1.29, 1.82) is 0 Å². The molecule has 2 aromatic carbocycles. The number of aromatic nitrogens is 2. The van der Waals surface area contributed by atoms with Crippen LogP contribution in [0, 0.1) is 10.1 Å². The largest absolute Gasteiger partial charge is 0.299 e. The standard InChI is InChI=1S/C20H23N5O4S2.ClH/c26-25(27)17-8-7-15-9-12-24(14-16(15)13-17)11-3-1-2-10-21-31(28,29)19-6-4-5-18-20(19)23-30-22-18;/h4-8,13,21H,1-3,9-12,14H2;1H. The summed E-state index contributed by atoms with van der Waals surface area (Å²) in [6, 6.07) is 10.1. The molecule has 172 valence electrons. The van der Waals surface area contributed by atoms with Crippen molar-refractivity contribution in [1.82, 2.24) is 18.4 Å². The number of nitrogens with zero attached hydrogens (tertiary/aromatic N) is 4. The van der Waals surface area contributed by atoms with Crippen LogP contribution in [0.4, 0.5) is 5.69 Å². The monoisotopic (exact) mass is 497 g/mol. The molecule has 0 saturated carbocycles. The van der Waals surface area contributed by atoms with E-state index in [0.29, 0.717) is 17.6 Å². The van der Waals surface area contributed by atoms with E-state index in [1.54, 1.807) is 30.3 Å². The molecule has 0 bridgehead atoms. The van der Waals surface area contributed by atoms with E-state index in [2.05, 4.69) is 18.4 Å². The summed E-state index contributed by atoms with van der Waals surface area (Å²) in [7, 11) is -3.62. The van der Waals surface area contributed by atoms with Gasteiger partial charge < -0.3 is 0 Å². The molecule has 0 atom stereocenters. The summed E-state index contributed by atoms with van der Waals surface area (Å²) in [5.41, 5.74) is 3.34. The van der Waals surface area contributed by atoms with Gasteiger partial charge in [-0.15, -0.1) is 12.4 Å². The molecule has 0 amide bonds. The molecule has 1 N–H and O–H groups in total. The Bertz CT molecular complexity index is 1200. The number of nitro groups is 1. The molecule has 0 aliphatic carbocycles. The molecule has 1 aliphatic heterocycles. The number of halogens is 1. The molecule has 0 spiro atoms. The van der Waals surface area contributed by atoms with Gasteiger partial charge in [0.1, 0.15) is 15.9 Å². The molecular formula is C20H24ClN5O4S2. The molecule has 0 unspecified atom stereocenters. The summed E-state index contributed by atoms with van der Waals surface area (Å²) in [6.07, 6.45) is 3.46. The fourth-order valence-electron chi connectivity index (χ4n) is 3.83. The minimum atomic E-state index is -3.62. The third-order valence-electron chi connectivity index (χ3n) is 5.47. The average molecular weight is 498 g/mol. The lowest BCUT2D eigenvalue weighted by atomic mass is 9.99. The van der Waals surface area contributed by atoms with Crippen LogP contribution in [0.5, 0.6) is 0 Å². The van der Waals surface area contributed by atoms with Gasteiger partial charge in [0.15, 0.2) is 0 Å². The highest BCUT2D eigenvalue weighted by atomic mass is 35.5. The highest BCUT2D eigenvalue weighted by Crippen LogP contribution is 2.24. The Morgan fingerprint density at radius 1 is 1.12 bits per heavy atom. The molecule has 12 heteroatoms. The van der Waals surface area contributed by atoms with Crippen LogP contribution in [0.15, 0.2) is 41.3 Å². The summed E-state index contributed by atoms with van der Waals surface area (Å²) in [6.45, 7) is 2.91. The molecule has 1 aliphatic rings. The Morgan fingerprint density at radius 3 is 2.78 bits per heavy atom. The molecular weight excluding hydrogens is 474 g/mol. The molecule has 0 fully saturated rings. The number of nitro benzene ring substituents is 1. The van der Waals surface area contributed by atoms with Crippen LogP contribution < -0.4 is 4.72 Å². The smallest absolute Gasteiger partial charge is 0.269 e. The first-order valence-corrected chi connectivity index (χ1v) is 12.3. The Balaban J connectivity index is 0.00000289. The van der Waals surface area contributed by atoms with E-state index in [1.165, 1.54) is 5.56 Å². The maximum Gasteiger partial charge on any atom is 0.269 e. The van der Waals surface area contributed by atoms with E-state index in [4.69, 9.17) is 0 Å². The van der Waals surface area contributed by atoms with Crippen molar-refractivity contribution in [3.63, 3.8) is 0 Å². The van der Waals surface area contributed by atoms with E-state index in [1.807, 2.05) is 6.07 Å². The van der Waals surface area contributed by atoms with Crippen LogP contribution in [0.3, 0.4) is 0 Å². The van der Waals surface area contributed by atoms with Crippen molar-refractivity contribution in [3.8, 4) is 0 Å². The Morgan fingerprint density at radius 2 is 1.97 bits per heavy atom. The maximum absolute atomic E-state index is 12.6. The third kappa shape index (κ3) is 5.59. The van der Waals surface area contributed by atoms with Crippen molar-refractivity contribution in [3.05, 3.63) is 57.6 Å². The molecule has 2 heterocycles. The van der Waals surface area contributed by atoms with E-state index in [9.17, 15) is 18.5 Å². The van der Waals surface area contributed by atoms with Crippen molar-refractivity contribution in [2.75, 3.05) is 19.6 Å². The predicted molar refractivity (Wildman–Crippen MR) is 126 cm³/mol. The van der Waals surface area contributed by atoms with Crippen LogP contribution in [-0.4, -0.2) is 46.6 Å². The van der Waals surface area contributed by atoms with Crippen molar-refractivity contribution >= 4 is 50.9 Å². The number of hydrogen-bond acceptors (Lipinski definition) is 8. The summed E-state index contributed by atoms with van der Waals surface area (Å²) in [4.78, 5) is 13.1. The van der Waals surface area contributed by atoms with E-state index in [0.717, 1.165) is 62.6 Å². The molecule has 0 saturated heterocycles. The molecule has 1 aromatic heterocycles. The summed E-state index contributed by atoms with van der Waals surface area (Å²) >= 11 is 0.999. The third-order valence-corrected chi connectivity index (χ3v) is 7.51. The number of fused-ring (bicyclic) bond motifs is 2. The predicted octanol–water partition coefficient (Wildman–Crippen LogP) is 3.53.